The number of carbonyl (C=O) groups is 1. The number of hydrogen-bond acceptors (Lipinski definition) is 2. The molecule has 2 fully saturated rings. The topological polar surface area (TPSA) is 29.1 Å². The van der Waals surface area contributed by atoms with Crippen LogP contribution < -0.4 is 5.32 Å². The molecule has 14 heavy (non-hydrogen) atoms. The number of Topliss-reactive ketones (excluding diaryl/α,β-unsaturated/α-hetero) is 1. The molecule has 0 aromatic rings. The normalized spacial score (nSPS) is 43.0. The molecule has 1 aliphatic heterocycles. The molecule has 0 radical (unpaired) electrons. The predicted octanol–water partition coefficient (Wildman–Crippen LogP) is 2.13. The average Bonchev–Trinajstić information content (AvgIpc) is 2.17. The second-order valence-electron chi connectivity index (χ2n) is 5.28. The van der Waals surface area contributed by atoms with Gasteiger partial charge in [-0.15, -0.1) is 0 Å². The molecule has 0 aromatic carbocycles. The van der Waals surface area contributed by atoms with Crippen molar-refractivity contribution in [3.8, 4) is 0 Å². The van der Waals surface area contributed by atoms with Crippen LogP contribution in [-0.4, -0.2) is 17.9 Å². The molecule has 2 heteroatoms. The second kappa shape index (κ2) is 3.65. The molecule has 3 atom stereocenters. The Morgan fingerprint density at radius 1 is 1.29 bits per heavy atom. The van der Waals surface area contributed by atoms with Crippen molar-refractivity contribution < 1.29 is 4.79 Å². The standard InChI is InChI=1S/C12H21NO/c1-9(14)12(2)7-10-5-3-4-6-11(10)8-13-12/h10-11,13H,3-8H2,1-2H3. The Labute approximate surface area is 86.5 Å². The van der Waals surface area contributed by atoms with Crippen molar-refractivity contribution in [3.05, 3.63) is 0 Å². The van der Waals surface area contributed by atoms with Gasteiger partial charge in [0.15, 0.2) is 0 Å². The summed E-state index contributed by atoms with van der Waals surface area (Å²) in [5.74, 6) is 1.96. The summed E-state index contributed by atoms with van der Waals surface area (Å²) in [7, 11) is 0. The molecule has 1 saturated carbocycles. The van der Waals surface area contributed by atoms with Gasteiger partial charge in [0.2, 0.25) is 0 Å². The number of hydrogen-bond donors (Lipinski definition) is 1. The summed E-state index contributed by atoms with van der Waals surface area (Å²) >= 11 is 0. The van der Waals surface area contributed by atoms with Gasteiger partial charge in [-0.3, -0.25) is 4.79 Å². The molecule has 80 valence electrons. The van der Waals surface area contributed by atoms with Gasteiger partial charge in [-0.05, 0) is 45.1 Å². The molecule has 2 aliphatic rings. The van der Waals surface area contributed by atoms with Gasteiger partial charge in [-0.2, -0.15) is 0 Å². The Kier molecular flexibility index (Phi) is 2.65. The van der Waals surface area contributed by atoms with Crippen LogP contribution >= 0.6 is 0 Å². The number of piperidine rings is 1. The molecule has 0 spiro atoms. The molecular formula is C12H21NO. The molecule has 1 N–H and O–H groups in total. The summed E-state index contributed by atoms with van der Waals surface area (Å²) in [6, 6.07) is 0. The first-order valence-electron chi connectivity index (χ1n) is 5.88. The van der Waals surface area contributed by atoms with Crippen LogP contribution in [0.15, 0.2) is 0 Å². The lowest BCUT2D eigenvalue weighted by Crippen LogP contribution is -2.57. The number of ketones is 1. The van der Waals surface area contributed by atoms with Gasteiger partial charge in [-0.1, -0.05) is 19.3 Å². The number of carbonyl (C=O) groups excluding carboxylic acids is 1. The number of fused-ring (bicyclic) bond motifs is 1. The first-order chi connectivity index (χ1) is 6.62. The molecule has 2 rings (SSSR count). The smallest absolute Gasteiger partial charge is 0.149 e. The fourth-order valence-electron chi connectivity index (χ4n) is 3.04. The highest BCUT2D eigenvalue weighted by Crippen LogP contribution is 2.38. The maximum Gasteiger partial charge on any atom is 0.149 e. The lowest BCUT2D eigenvalue weighted by atomic mass is 9.69. The summed E-state index contributed by atoms with van der Waals surface area (Å²) in [6.45, 7) is 4.84. The van der Waals surface area contributed by atoms with Gasteiger partial charge in [0.1, 0.15) is 5.78 Å². The van der Waals surface area contributed by atoms with Crippen molar-refractivity contribution in [2.45, 2.75) is 51.5 Å². The Morgan fingerprint density at radius 3 is 2.57 bits per heavy atom. The fourth-order valence-corrected chi connectivity index (χ4v) is 3.04. The van der Waals surface area contributed by atoms with Crippen LogP contribution in [0.4, 0.5) is 0 Å². The van der Waals surface area contributed by atoms with Gasteiger partial charge in [-0.25, -0.2) is 0 Å². The van der Waals surface area contributed by atoms with Crippen molar-refractivity contribution in [3.63, 3.8) is 0 Å². The molecule has 0 aromatic heterocycles. The van der Waals surface area contributed by atoms with Crippen molar-refractivity contribution in [1.29, 1.82) is 0 Å². The molecular weight excluding hydrogens is 174 g/mol. The zero-order valence-corrected chi connectivity index (χ0v) is 9.31. The van der Waals surface area contributed by atoms with Crippen LogP contribution in [0.25, 0.3) is 0 Å². The SMILES string of the molecule is CC(=O)C1(C)CC2CCCCC2CN1. The molecule has 0 bridgehead atoms. The summed E-state index contributed by atoms with van der Waals surface area (Å²) in [5, 5.41) is 3.44. The summed E-state index contributed by atoms with van der Waals surface area (Å²) in [5.41, 5.74) is -0.224. The maximum atomic E-state index is 11.5. The van der Waals surface area contributed by atoms with E-state index in [-0.39, 0.29) is 5.54 Å². The lowest BCUT2D eigenvalue weighted by molar-refractivity contribution is -0.125. The third kappa shape index (κ3) is 1.72. The quantitative estimate of drug-likeness (QED) is 0.694. The third-order valence-corrected chi connectivity index (χ3v) is 4.27. The lowest BCUT2D eigenvalue weighted by Gasteiger charge is -2.44. The molecule has 1 saturated heterocycles. The molecule has 3 unspecified atom stereocenters. The van der Waals surface area contributed by atoms with Crippen LogP contribution in [0.2, 0.25) is 0 Å². The highest BCUT2D eigenvalue weighted by atomic mass is 16.1. The van der Waals surface area contributed by atoms with E-state index in [0.29, 0.717) is 5.78 Å². The van der Waals surface area contributed by atoms with Crippen molar-refractivity contribution >= 4 is 5.78 Å². The minimum atomic E-state index is -0.224. The van der Waals surface area contributed by atoms with E-state index in [9.17, 15) is 4.79 Å². The molecule has 1 heterocycles. The summed E-state index contributed by atoms with van der Waals surface area (Å²) < 4.78 is 0. The van der Waals surface area contributed by atoms with E-state index in [2.05, 4.69) is 12.2 Å². The highest BCUT2D eigenvalue weighted by molar-refractivity contribution is 5.85. The average molecular weight is 195 g/mol. The first kappa shape index (κ1) is 10.2. The molecule has 2 nitrogen and oxygen atoms in total. The van der Waals surface area contributed by atoms with Gasteiger partial charge in [0.05, 0.1) is 5.54 Å². The Morgan fingerprint density at radius 2 is 1.93 bits per heavy atom. The van der Waals surface area contributed by atoms with E-state index >= 15 is 0 Å². The Balaban J connectivity index is 2.05. The van der Waals surface area contributed by atoms with Gasteiger partial charge >= 0.3 is 0 Å². The number of rotatable bonds is 1. The number of nitrogens with one attached hydrogen (secondary N) is 1. The van der Waals surface area contributed by atoms with E-state index in [1.165, 1.54) is 25.7 Å². The van der Waals surface area contributed by atoms with Crippen molar-refractivity contribution in [2.24, 2.45) is 11.8 Å². The fraction of sp³-hybridized carbons (Fsp3) is 0.917. The predicted molar refractivity (Wildman–Crippen MR) is 57.2 cm³/mol. The van der Waals surface area contributed by atoms with Gasteiger partial charge < -0.3 is 5.32 Å². The summed E-state index contributed by atoms with van der Waals surface area (Å²) in [4.78, 5) is 11.5. The maximum absolute atomic E-state index is 11.5. The van der Waals surface area contributed by atoms with Crippen LogP contribution in [0.3, 0.4) is 0 Å². The van der Waals surface area contributed by atoms with E-state index < -0.39 is 0 Å². The van der Waals surface area contributed by atoms with E-state index in [0.717, 1.165) is 24.8 Å². The van der Waals surface area contributed by atoms with Crippen LogP contribution in [0, 0.1) is 11.8 Å². The zero-order chi connectivity index (χ0) is 10.2. The van der Waals surface area contributed by atoms with Crippen LogP contribution in [-0.2, 0) is 4.79 Å². The van der Waals surface area contributed by atoms with Crippen molar-refractivity contribution in [2.75, 3.05) is 6.54 Å². The van der Waals surface area contributed by atoms with Gasteiger partial charge in [0.25, 0.3) is 0 Å². The highest BCUT2D eigenvalue weighted by Gasteiger charge is 2.40. The van der Waals surface area contributed by atoms with E-state index in [4.69, 9.17) is 0 Å². The Hall–Kier alpha value is -0.370. The summed E-state index contributed by atoms with van der Waals surface area (Å²) in [6.07, 6.45) is 6.53. The largest absolute Gasteiger partial charge is 0.305 e. The zero-order valence-electron chi connectivity index (χ0n) is 9.31. The molecule has 0 amide bonds. The van der Waals surface area contributed by atoms with Crippen LogP contribution in [0.5, 0.6) is 0 Å². The molecule has 1 aliphatic carbocycles. The minimum Gasteiger partial charge on any atom is -0.305 e. The Bertz CT molecular complexity index is 238. The van der Waals surface area contributed by atoms with Gasteiger partial charge in [0, 0.05) is 0 Å². The third-order valence-electron chi connectivity index (χ3n) is 4.27. The second-order valence-corrected chi connectivity index (χ2v) is 5.28. The van der Waals surface area contributed by atoms with Crippen LogP contribution in [0.1, 0.15) is 46.0 Å². The van der Waals surface area contributed by atoms with Crippen molar-refractivity contribution in [1.82, 2.24) is 5.32 Å². The first-order valence-corrected chi connectivity index (χ1v) is 5.88. The van der Waals surface area contributed by atoms with E-state index in [1.807, 2.05) is 0 Å². The minimum absolute atomic E-state index is 0.224. The monoisotopic (exact) mass is 195 g/mol. The van der Waals surface area contributed by atoms with E-state index in [1.54, 1.807) is 6.92 Å².